The second kappa shape index (κ2) is 8.69. The molecule has 2 aromatic carbocycles. The van der Waals surface area contributed by atoms with E-state index >= 15 is 0 Å². The van der Waals surface area contributed by atoms with Crippen LogP contribution in [0, 0.1) is 5.92 Å². The zero-order valence-electron chi connectivity index (χ0n) is 16.2. The molecule has 2 aromatic rings. The van der Waals surface area contributed by atoms with Gasteiger partial charge in [0.2, 0.25) is 5.91 Å². The van der Waals surface area contributed by atoms with Crippen LogP contribution >= 0.6 is 0 Å². The molecule has 1 heterocycles. The van der Waals surface area contributed by atoms with E-state index in [2.05, 4.69) is 4.99 Å². The summed E-state index contributed by atoms with van der Waals surface area (Å²) in [5.74, 6) is 0.133. The average molecular weight is 380 g/mol. The van der Waals surface area contributed by atoms with Gasteiger partial charge in [0.05, 0.1) is 26.2 Å². The van der Waals surface area contributed by atoms with Crippen molar-refractivity contribution in [3.8, 4) is 5.75 Å². The minimum Gasteiger partial charge on any atom is -0.497 e. The summed E-state index contributed by atoms with van der Waals surface area (Å²) in [6, 6.07) is 16.4. The highest BCUT2D eigenvalue weighted by Crippen LogP contribution is 2.35. The highest BCUT2D eigenvalue weighted by molar-refractivity contribution is 6.09. The van der Waals surface area contributed by atoms with Crippen molar-refractivity contribution in [2.24, 2.45) is 10.9 Å². The Morgan fingerprint density at radius 2 is 1.82 bits per heavy atom. The lowest BCUT2D eigenvalue weighted by atomic mass is 9.82. The molecule has 0 N–H and O–H groups in total. The van der Waals surface area contributed by atoms with Crippen molar-refractivity contribution in [2.75, 3.05) is 19.1 Å². The third kappa shape index (κ3) is 4.06. The molecule has 146 valence electrons. The maximum absolute atomic E-state index is 12.9. The van der Waals surface area contributed by atoms with Crippen molar-refractivity contribution >= 4 is 23.8 Å². The van der Waals surface area contributed by atoms with Gasteiger partial charge in [-0.25, -0.2) is 4.79 Å². The van der Waals surface area contributed by atoms with Crippen molar-refractivity contribution in [3.63, 3.8) is 0 Å². The molecular weight excluding hydrogens is 356 g/mol. The Morgan fingerprint density at radius 1 is 1.14 bits per heavy atom. The standard InChI is InChI=1S/C22H24N2O4/c1-15(22(26)28-3)23-14-20-19(13-16-7-5-4-6-8-16)21(25)24(20)17-9-11-18(27-2)12-10-17/h4-12,14-15,19-20H,13H2,1-3H3. The first kappa shape index (κ1) is 19.6. The number of carbonyl (C=O) groups is 2. The van der Waals surface area contributed by atoms with Crippen molar-refractivity contribution in [2.45, 2.75) is 25.4 Å². The van der Waals surface area contributed by atoms with Crippen LogP contribution in [0.3, 0.4) is 0 Å². The van der Waals surface area contributed by atoms with E-state index < -0.39 is 12.0 Å². The molecule has 0 aromatic heterocycles. The van der Waals surface area contributed by atoms with Gasteiger partial charge in [0.15, 0.2) is 0 Å². The third-order valence-corrected chi connectivity index (χ3v) is 4.92. The molecule has 0 saturated carbocycles. The van der Waals surface area contributed by atoms with Gasteiger partial charge in [-0.05, 0) is 43.2 Å². The maximum atomic E-state index is 12.9. The molecule has 28 heavy (non-hydrogen) atoms. The van der Waals surface area contributed by atoms with Gasteiger partial charge in [0, 0.05) is 11.9 Å². The van der Waals surface area contributed by atoms with E-state index in [-0.39, 0.29) is 17.9 Å². The first-order chi connectivity index (χ1) is 13.5. The van der Waals surface area contributed by atoms with Crippen LogP contribution in [0.4, 0.5) is 5.69 Å². The predicted molar refractivity (Wildman–Crippen MR) is 108 cm³/mol. The fourth-order valence-corrected chi connectivity index (χ4v) is 3.31. The first-order valence-electron chi connectivity index (χ1n) is 9.17. The van der Waals surface area contributed by atoms with Gasteiger partial charge in [0.1, 0.15) is 11.8 Å². The number of rotatable bonds is 7. The normalized spacial score (nSPS) is 20.0. The molecule has 1 aliphatic rings. The molecule has 6 nitrogen and oxygen atoms in total. The molecule has 1 saturated heterocycles. The molecule has 6 heteroatoms. The number of amides is 1. The van der Waals surface area contributed by atoms with Crippen molar-refractivity contribution in [1.82, 2.24) is 0 Å². The second-order valence-corrected chi connectivity index (χ2v) is 6.69. The summed E-state index contributed by atoms with van der Waals surface area (Å²) in [4.78, 5) is 30.6. The molecule has 1 aliphatic heterocycles. The lowest BCUT2D eigenvalue weighted by Gasteiger charge is -2.45. The highest BCUT2D eigenvalue weighted by Gasteiger charge is 2.47. The number of carbonyl (C=O) groups excluding carboxylic acids is 2. The fourth-order valence-electron chi connectivity index (χ4n) is 3.31. The zero-order valence-corrected chi connectivity index (χ0v) is 16.2. The van der Waals surface area contributed by atoms with Gasteiger partial charge in [-0.15, -0.1) is 0 Å². The van der Waals surface area contributed by atoms with Gasteiger partial charge < -0.3 is 14.4 Å². The minimum absolute atomic E-state index is 0.0381. The number of aliphatic imine (C=N–C) groups is 1. The average Bonchev–Trinajstić information content (AvgIpc) is 2.74. The molecule has 0 bridgehead atoms. The van der Waals surface area contributed by atoms with Crippen LogP contribution < -0.4 is 9.64 Å². The Labute approximate surface area is 164 Å². The number of hydrogen-bond donors (Lipinski definition) is 0. The van der Waals surface area contributed by atoms with Gasteiger partial charge in [-0.1, -0.05) is 30.3 Å². The summed E-state index contributed by atoms with van der Waals surface area (Å²) in [6.45, 7) is 1.67. The molecule has 3 atom stereocenters. The van der Waals surface area contributed by atoms with Crippen LogP contribution in [-0.2, 0) is 20.7 Å². The minimum atomic E-state index is -0.615. The maximum Gasteiger partial charge on any atom is 0.330 e. The summed E-state index contributed by atoms with van der Waals surface area (Å²) >= 11 is 0. The van der Waals surface area contributed by atoms with E-state index in [9.17, 15) is 9.59 Å². The molecule has 0 radical (unpaired) electrons. The molecule has 3 rings (SSSR count). The molecule has 1 fully saturated rings. The van der Waals surface area contributed by atoms with Crippen LogP contribution in [-0.4, -0.2) is 44.4 Å². The van der Waals surface area contributed by atoms with Crippen LogP contribution in [0.15, 0.2) is 59.6 Å². The lowest BCUT2D eigenvalue weighted by Crippen LogP contribution is -2.63. The van der Waals surface area contributed by atoms with Crippen LogP contribution in [0.2, 0.25) is 0 Å². The molecular formula is C22H24N2O4. The zero-order chi connectivity index (χ0) is 20.1. The third-order valence-electron chi connectivity index (χ3n) is 4.92. The SMILES string of the molecule is COC(=O)C(C)N=CC1C(Cc2ccccc2)C(=O)N1c1ccc(OC)cc1. The van der Waals surface area contributed by atoms with E-state index in [4.69, 9.17) is 9.47 Å². The fraction of sp³-hybridized carbons (Fsp3) is 0.318. The monoisotopic (exact) mass is 380 g/mol. The van der Waals surface area contributed by atoms with Gasteiger partial charge in [-0.2, -0.15) is 0 Å². The van der Waals surface area contributed by atoms with E-state index in [1.165, 1.54) is 7.11 Å². The molecule has 0 spiro atoms. The van der Waals surface area contributed by atoms with Gasteiger partial charge in [0.25, 0.3) is 0 Å². The second-order valence-electron chi connectivity index (χ2n) is 6.69. The summed E-state index contributed by atoms with van der Waals surface area (Å²) in [5, 5.41) is 0. The van der Waals surface area contributed by atoms with Crippen LogP contribution in [0.5, 0.6) is 5.75 Å². The Kier molecular flexibility index (Phi) is 6.09. The van der Waals surface area contributed by atoms with Crippen molar-refractivity contribution < 1.29 is 19.1 Å². The summed E-state index contributed by atoms with van der Waals surface area (Å²) in [5.41, 5.74) is 1.87. The number of hydrogen-bond acceptors (Lipinski definition) is 5. The van der Waals surface area contributed by atoms with Crippen molar-refractivity contribution in [3.05, 3.63) is 60.2 Å². The van der Waals surface area contributed by atoms with Gasteiger partial charge in [-0.3, -0.25) is 9.79 Å². The van der Waals surface area contributed by atoms with E-state index in [0.717, 1.165) is 17.0 Å². The number of methoxy groups -OCH3 is 2. The smallest absolute Gasteiger partial charge is 0.330 e. The summed E-state index contributed by atoms with van der Waals surface area (Å²) in [7, 11) is 2.94. The molecule has 0 aliphatic carbocycles. The van der Waals surface area contributed by atoms with Crippen LogP contribution in [0.25, 0.3) is 0 Å². The van der Waals surface area contributed by atoms with E-state index in [1.54, 1.807) is 25.1 Å². The highest BCUT2D eigenvalue weighted by atomic mass is 16.5. The number of β-lactam (4-membered cyclic amide) rings is 1. The lowest BCUT2D eigenvalue weighted by molar-refractivity contribution is -0.141. The number of esters is 1. The topological polar surface area (TPSA) is 68.2 Å². The Balaban J connectivity index is 1.84. The quantitative estimate of drug-likeness (QED) is 0.421. The number of benzene rings is 2. The molecule has 3 unspecified atom stereocenters. The van der Waals surface area contributed by atoms with E-state index in [0.29, 0.717) is 6.42 Å². The number of nitrogens with zero attached hydrogens (tertiary/aromatic N) is 2. The first-order valence-corrected chi connectivity index (χ1v) is 9.17. The Morgan fingerprint density at radius 3 is 2.43 bits per heavy atom. The molecule has 1 amide bonds. The van der Waals surface area contributed by atoms with Crippen LogP contribution in [0.1, 0.15) is 12.5 Å². The number of anilines is 1. The van der Waals surface area contributed by atoms with Gasteiger partial charge >= 0.3 is 5.97 Å². The Hall–Kier alpha value is -3.15. The predicted octanol–water partition coefficient (Wildman–Crippen LogP) is 2.90. The summed E-state index contributed by atoms with van der Waals surface area (Å²) < 4.78 is 9.92. The largest absolute Gasteiger partial charge is 0.497 e. The van der Waals surface area contributed by atoms with E-state index in [1.807, 2.05) is 54.6 Å². The summed E-state index contributed by atoms with van der Waals surface area (Å²) in [6.07, 6.45) is 2.32. The number of ether oxygens (including phenoxy) is 2. The Bertz CT molecular complexity index is 849. The van der Waals surface area contributed by atoms with Crippen molar-refractivity contribution in [1.29, 1.82) is 0 Å².